The van der Waals surface area contributed by atoms with Crippen LogP contribution in [0.5, 0.6) is 0 Å². The van der Waals surface area contributed by atoms with Crippen molar-refractivity contribution < 1.29 is 4.74 Å². The van der Waals surface area contributed by atoms with Crippen LogP contribution in [0, 0.1) is 20.8 Å². The lowest BCUT2D eigenvalue weighted by atomic mass is 9.97. The molecule has 0 amide bonds. The second-order valence-corrected chi connectivity index (χ2v) is 3.66. The second-order valence-electron chi connectivity index (χ2n) is 3.66. The summed E-state index contributed by atoms with van der Waals surface area (Å²) in [6.07, 6.45) is 0. The fourth-order valence-electron chi connectivity index (χ4n) is 1.52. The lowest BCUT2D eigenvalue weighted by Crippen LogP contribution is -2.27. The Labute approximate surface area is 106 Å². The van der Waals surface area contributed by atoms with Crippen LogP contribution in [0.3, 0.4) is 0 Å². The Balaban J connectivity index is 0.000000581. The molecule has 1 fully saturated rings. The monoisotopic (exact) mass is 238 g/mol. The molecule has 1 aromatic heterocycles. The van der Waals surface area contributed by atoms with Gasteiger partial charge in [0, 0.05) is 0 Å². The van der Waals surface area contributed by atoms with Crippen molar-refractivity contribution in [3.8, 4) is 0 Å². The maximum atomic E-state index is 5.15. The molecule has 0 N–H and O–H groups in total. The van der Waals surface area contributed by atoms with Gasteiger partial charge in [0.25, 0.3) is 0 Å². The molecule has 0 spiro atoms. The number of ether oxygens (including phenoxy) is 1. The van der Waals surface area contributed by atoms with Gasteiger partial charge >= 0.3 is 0 Å². The third-order valence-corrected chi connectivity index (χ3v) is 2.82. The molecule has 17 heavy (non-hydrogen) atoms. The van der Waals surface area contributed by atoms with Gasteiger partial charge in [-0.15, -0.1) is 0 Å². The average molecular weight is 238 g/mol. The van der Waals surface area contributed by atoms with E-state index in [0.29, 0.717) is 5.92 Å². The molecule has 0 saturated carbocycles. The summed E-state index contributed by atoms with van der Waals surface area (Å²) < 4.78 is 5.15. The normalized spacial score (nSPS) is 13.8. The Bertz CT molecular complexity index is 333. The van der Waals surface area contributed by atoms with Gasteiger partial charge in [-0.1, -0.05) is 27.7 Å². The lowest BCUT2D eigenvalue weighted by molar-refractivity contribution is 0.00603. The van der Waals surface area contributed by atoms with Gasteiger partial charge in [-0.25, -0.2) is 0 Å². The first-order valence-electron chi connectivity index (χ1n) is 6.58. The van der Waals surface area contributed by atoms with E-state index in [2.05, 4.69) is 24.0 Å². The molecule has 98 valence electrons. The van der Waals surface area contributed by atoms with Crippen LogP contribution in [-0.2, 0) is 4.74 Å². The van der Waals surface area contributed by atoms with Crippen LogP contribution in [0.15, 0.2) is 0 Å². The summed E-state index contributed by atoms with van der Waals surface area (Å²) >= 11 is 0. The highest BCUT2D eigenvalue weighted by atomic mass is 16.5. The zero-order chi connectivity index (χ0) is 13.4. The van der Waals surface area contributed by atoms with Crippen molar-refractivity contribution in [3.63, 3.8) is 0 Å². The number of rotatable bonds is 1. The second kappa shape index (κ2) is 8.18. The molecular weight excluding hydrogens is 212 g/mol. The van der Waals surface area contributed by atoms with Crippen LogP contribution in [-0.4, -0.2) is 23.4 Å². The zero-order valence-corrected chi connectivity index (χ0v) is 12.3. The third-order valence-electron chi connectivity index (χ3n) is 2.82. The van der Waals surface area contributed by atoms with Gasteiger partial charge in [-0.2, -0.15) is 10.2 Å². The SMILES string of the molecule is CC.CC.Cc1nnc(C2COC2)c(C)c1C. The number of hydrogen-bond acceptors (Lipinski definition) is 3. The first-order chi connectivity index (χ1) is 8.20. The molecule has 0 radical (unpaired) electrons. The quantitative estimate of drug-likeness (QED) is 0.750. The van der Waals surface area contributed by atoms with Crippen LogP contribution >= 0.6 is 0 Å². The Morgan fingerprint density at radius 2 is 1.41 bits per heavy atom. The smallest absolute Gasteiger partial charge is 0.0740 e. The molecule has 1 aliphatic heterocycles. The molecule has 0 atom stereocenters. The highest BCUT2D eigenvalue weighted by Gasteiger charge is 2.24. The van der Waals surface area contributed by atoms with Crippen LogP contribution in [0.1, 0.15) is 56.1 Å². The van der Waals surface area contributed by atoms with E-state index in [0.717, 1.165) is 24.6 Å². The van der Waals surface area contributed by atoms with E-state index < -0.39 is 0 Å². The molecule has 2 rings (SSSR count). The van der Waals surface area contributed by atoms with E-state index in [1.54, 1.807) is 0 Å². The molecule has 0 unspecified atom stereocenters. The lowest BCUT2D eigenvalue weighted by Gasteiger charge is -2.26. The number of nitrogens with zero attached hydrogens (tertiary/aromatic N) is 2. The maximum absolute atomic E-state index is 5.15. The standard InChI is InChI=1S/C10H14N2O.2C2H6/c1-6-7(2)10(9-4-13-5-9)12-11-8(6)3;2*1-2/h9H,4-5H2,1-3H3;2*1-2H3. The number of hydrogen-bond donors (Lipinski definition) is 0. The summed E-state index contributed by atoms with van der Waals surface area (Å²) in [6, 6.07) is 0. The van der Waals surface area contributed by atoms with Gasteiger partial charge in [0.15, 0.2) is 0 Å². The average Bonchev–Trinajstić information content (AvgIpc) is 2.33. The first kappa shape index (κ1) is 16.0. The van der Waals surface area contributed by atoms with Gasteiger partial charge in [-0.3, -0.25) is 0 Å². The topological polar surface area (TPSA) is 35.0 Å². The third kappa shape index (κ3) is 3.77. The summed E-state index contributed by atoms with van der Waals surface area (Å²) in [5.74, 6) is 0.479. The van der Waals surface area contributed by atoms with Crippen molar-refractivity contribution in [1.29, 1.82) is 0 Å². The van der Waals surface area contributed by atoms with Crippen LogP contribution in [0.2, 0.25) is 0 Å². The van der Waals surface area contributed by atoms with Crippen LogP contribution < -0.4 is 0 Å². The van der Waals surface area contributed by atoms with Crippen molar-refractivity contribution >= 4 is 0 Å². The van der Waals surface area contributed by atoms with E-state index in [9.17, 15) is 0 Å². The summed E-state index contributed by atoms with van der Waals surface area (Å²) in [5.41, 5.74) is 4.69. The minimum atomic E-state index is 0.479. The predicted octanol–water partition coefficient (Wildman–Crippen LogP) is 3.57. The number of aromatic nitrogens is 2. The molecule has 3 nitrogen and oxygen atoms in total. The molecular formula is C14H26N2O. The fraction of sp³-hybridized carbons (Fsp3) is 0.714. The van der Waals surface area contributed by atoms with Crippen molar-refractivity contribution in [2.24, 2.45) is 0 Å². The fourth-order valence-corrected chi connectivity index (χ4v) is 1.52. The summed E-state index contributed by atoms with van der Waals surface area (Å²) in [6.45, 7) is 15.8. The largest absolute Gasteiger partial charge is 0.380 e. The Kier molecular flexibility index (Phi) is 7.72. The number of aryl methyl sites for hydroxylation is 1. The van der Waals surface area contributed by atoms with E-state index in [4.69, 9.17) is 4.74 Å². The highest BCUT2D eigenvalue weighted by molar-refractivity contribution is 5.32. The van der Waals surface area contributed by atoms with Gasteiger partial charge < -0.3 is 4.74 Å². The molecule has 1 aliphatic rings. The Hall–Kier alpha value is -0.960. The highest BCUT2D eigenvalue weighted by Crippen LogP contribution is 2.26. The summed E-state index contributed by atoms with van der Waals surface area (Å²) in [7, 11) is 0. The van der Waals surface area contributed by atoms with E-state index in [1.165, 1.54) is 11.1 Å². The van der Waals surface area contributed by atoms with Gasteiger partial charge in [-0.05, 0) is 31.9 Å². The summed E-state index contributed by atoms with van der Waals surface area (Å²) in [4.78, 5) is 0. The van der Waals surface area contributed by atoms with Crippen molar-refractivity contribution in [2.45, 2.75) is 54.4 Å². The van der Waals surface area contributed by atoms with Gasteiger partial charge in [0.2, 0.25) is 0 Å². The molecule has 3 heteroatoms. The Morgan fingerprint density at radius 3 is 1.82 bits per heavy atom. The summed E-state index contributed by atoms with van der Waals surface area (Å²) in [5, 5.41) is 8.37. The van der Waals surface area contributed by atoms with Gasteiger partial charge in [0.05, 0.1) is 30.5 Å². The molecule has 0 aliphatic carbocycles. The van der Waals surface area contributed by atoms with Crippen molar-refractivity contribution in [3.05, 3.63) is 22.5 Å². The zero-order valence-electron chi connectivity index (χ0n) is 12.3. The molecule has 0 bridgehead atoms. The van der Waals surface area contributed by atoms with Crippen LogP contribution in [0.25, 0.3) is 0 Å². The van der Waals surface area contributed by atoms with E-state index in [1.807, 2.05) is 34.6 Å². The minimum absolute atomic E-state index is 0.479. The molecule has 1 aromatic rings. The molecule has 0 aromatic carbocycles. The predicted molar refractivity (Wildman–Crippen MR) is 72.5 cm³/mol. The maximum Gasteiger partial charge on any atom is 0.0740 e. The Morgan fingerprint density at radius 1 is 0.882 bits per heavy atom. The van der Waals surface area contributed by atoms with Crippen molar-refractivity contribution in [1.82, 2.24) is 10.2 Å². The van der Waals surface area contributed by atoms with E-state index >= 15 is 0 Å². The molecule has 2 heterocycles. The van der Waals surface area contributed by atoms with Crippen molar-refractivity contribution in [2.75, 3.05) is 13.2 Å². The van der Waals surface area contributed by atoms with Crippen LogP contribution in [0.4, 0.5) is 0 Å². The minimum Gasteiger partial charge on any atom is -0.380 e. The van der Waals surface area contributed by atoms with Gasteiger partial charge in [0.1, 0.15) is 0 Å². The molecule has 1 saturated heterocycles. The first-order valence-corrected chi connectivity index (χ1v) is 6.58. The van der Waals surface area contributed by atoms with E-state index in [-0.39, 0.29) is 0 Å².